The van der Waals surface area contributed by atoms with Gasteiger partial charge in [0, 0.05) is 34.2 Å². The molecular formula is C34H27ClF3N3O5S2. The number of alkyl halides is 3. The number of anilines is 3. The van der Waals surface area contributed by atoms with Gasteiger partial charge in [0.15, 0.2) is 0 Å². The summed E-state index contributed by atoms with van der Waals surface area (Å²) in [6.07, 6.45) is -4.63. The van der Waals surface area contributed by atoms with Crippen LogP contribution in [0.2, 0.25) is 5.02 Å². The third-order valence-corrected chi connectivity index (χ3v) is 10.7. The summed E-state index contributed by atoms with van der Waals surface area (Å²) in [7, 11) is -8.01. The van der Waals surface area contributed by atoms with Crippen LogP contribution in [-0.2, 0) is 32.6 Å². The zero-order valence-electron chi connectivity index (χ0n) is 25.0. The predicted octanol–water partition coefficient (Wildman–Crippen LogP) is 8.17. The molecule has 0 saturated heterocycles. The molecule has 14 heteroatoms. The van der Waals surface area contributed by atoms with E-state index in [0.29, 0.717) is 35.1 Å². The van der Waals surface area contributed by atoms with Crippen molar-refractivity contribution in [3.05, 3.63) is 143 Å². The number of sulfone groups is 1. The predicted molar refractivity (Wildman–Crippen MR) is 178 cm³/mol. The number of amides is 1. The molecule has 0 aromatic heterocycles. The molecule has 0 atom stereocenters. The highest BCUT2D eigenvalue weighted by atomic mass is 35.5. The van der Waals surface area contributed by atoms with Crippen molar-refractivity contribution in [1.82, 2.24) is 0 Å². The van der Waals surface area contributed by atoms with Crippen molar-refractivity contribution in [2.24, 2.45) is 0 Å². The Bertz CT molecular complexity index is 2180. The molecule has 5 rings (SSSR count). The van der Waals surface area contributed by atoms with Crippen LogP contribution in [0.5, 0.6) is 0 Å². The molecule has 5 aromatic rings. The Morgan fingerprint density at radius 2 is 1.42 bits per heavy atom. The number of hydrogen-bond acceptors (Lipinski definition) is 6. The van der Waals surface area contributed by atoms with E-state index in [4.69, 9.17) is 11.6 Å². The SMILES string of the molecule is Cc1c(NCc2ccc(C(=O)Nc3ccc(S(=O)(=O)Nc4cccc(C(F)(F)F)c4)cc3)cc2)cc(Cl)cc1S(=O)(=O)c1ccccc1. The molecule has 0 radical (unpaired) electrons. The largest absolute Gasteiger partial charge is 0.416 e. The lowest BCUT2D eigenvalue weighted by Crippen LogP contribution is -2.15. The van der Waals surface area contributed by atoms with Crippen molar-refractivity contribution in [2.45, 2.75) is 34.3 Å². The summed E-state index contributed by atoms with van der Waals surface area (Å²) in [6.45, 7) is 2.00. The summed E-state index contributed by atoms with van der Waals surface area (Å²) in [5, 5.41) is 6.13. The number of nitrogens with one attached hydrogen (secondary N) is 3. The monoisotopic (exact) mass is 713 g/mol. The van der Waals surface area contributed by atoms with E-state index in [0.717, 1.165) is 17.7 Å². The normalized spacial score (nSPS) is 11.9. The van der Waals surface area contributed by atoms with Crippen LogP contribution in [0, 0.1) is 6.92 Å². The second-order valence-electron chi connectivity index (χ2n) is 10.6. The molecule has 0 unspecified atom stereocenters. The maximum Gasteiger partial charge on any atom is 0.416 e. The van der Waals surface area contributed by atoms with Crippen LogP contribution < -0.4 is 15.4 Å². The molecule has 0 heterocycles. The second kappa shape index (κ2) is 13.7. The summed E-state index contributed by atoms with van der Waals surface area (Å²) in [5.41, 5.74) is 1.20. The topological polar surface area (TPSA) is 121 Å². The molecule has 248 valence electrons. The smallest absolute Gasteiger partial charge is 0.381 e. The molecule has 0 saturated carbocycles. The molecule has 0 bridgehead atoms. The molecular weight excluding hydrogens is 687 g/mol. The zero-order valence-corrected chi connectivity index (χ0v) is 27.4. The molecule has 3 N–H and O–H groups in total. The standard InChI is InChI=1S/C34H27ClF3N3O5S2/c1-22-31(19-26(35)20-32(22)47(43,44)29-8-3-2-4-9-29)39-21-23-10-12-24(13-11-23)33(42)40-27-14-16-30(17-15-27)48(45,46)41-28-7-5-6-25(18-28)34(36,37)38/h2-20,39,41H,21H2,1H3,(H,40,42). The minimum atomic E-state index is -4.63. The number of carbonyl (C=O) groups excluding carboxylic acids is 1. The van der Waals surface area contributed by atoms with Crippen LogP contribution in [0.15, 0.2) is 130 Å². The minimum absolute atomic E-state index is 0.0910. The molecule has 48 heavy (non-hydrogen) atoms. The van der Waals surface area contributed by atoms with Gasteiger partial charge >= 0.3 is 6.18 Å². The lowest BCUT2D eigenvalue weighted by molar-refractivity contribution is -0.137. The van der Waals surface area contributed by atoms with Gasteiger partial charge in [-0.25, -0.2) is 16.8 Å². The third kappa shape index (κ3) is 7.98. The number of rotatable bonds is 10. The Kier molecular flexibility index (Phi) is 9.85. The maximum absolute atomic E-state index is 13.2. The van der Waals surface area contributed by atoms with Crippen molar-refractivity contribution in [3.63, 3.8) is 0 Å². The molecule has 1 amide bonds. The summed E-state index contributed by atoms with van der Waals surface area (Å²) >= 11 is 6.29. The molecule has 8 nitrogen and oxygen atoms in total. The van der Waals surface area contributed by atoms with Gasteiger partial charge in [-0.3, -0.25) is 9.52 Å². The first-order valence-corrected chi connectivity index (χ1v) is 17.5. The highest BCUT2D eigenvalue weighted by Gasteiger charge is 2.31. The molecule has 0 spiro atoms. The highest BCUT2D eigenvalue weighted by Crippen LogP contribution is 2.33. The molecule has 5 aromatic carbocycles. The Hall–Kier alpha value is -4.85. The lowest BCUT2D eigenvalue weighted by Gasteiger charge is -2.15. The van der Waals surface area contributed by atoms with E-state index in [1.165, 1.54) is 48.5 Å². The lowest BCUT2D eigenvalue weighted by atomic mass is 10.1. The summed E-state index contributed by atoms with van der Waals surface area (Å²) in [5.74, 6) is -0.464. The first kappa shape index (κ1) is 34.5. The van der Waals surface area contributed by atoms with Crippen molar-refractivity contribution >= 4 is 54.4 Å². The van der Waals surface area contributed by atoms with E-state index in [2.05, 4.69) is 15.4 Å². The van der Waals surface area contributed by atoms with Gasteiger partial charge in [-0.15, -0.1) is 0 Å². The number of halogens is 4. The van der Waals surface area contributed by atoms with Crippen LogP contribution >= 0.6 is 11.6 Å². The van der Waals surface area contributed by atoms with E-state index in [1.54, 1.807) is 55.5 Å². The average molecular weight is 714 g/mol. The van der Waals surface area contributed by atoms with E-state index < -0.39 is 37.5 Å². The van der Waals surface area contributed by atoms with Gasteiger partial charge in [-0.1, -0.05) is 48.0 Å². The first-order valence-electron chi connectivity index (χ1n) is 14.2. The third-order valence-electron chi connectivity index (χ3n) is 7.23. The Balaban J connectivity index is 1.21. The quantitative estimate of drug-likeness (QED) is 0.134. The fourth-order valence-electron chi connectivity index (χ4n) is 4.71. The number of benzene rings is 5. The van der Waals surface area contributed by atoms with Crippen molar-refractivity contribution in [2.75, 3.05) is 15.4 Å². The van der Waals surface area contributed by atoms with Gasteiger partial charge in [0.05, 0.1) is 20.2 Å². The highest BCUT2D eigenvalue weighted by molar-refractivity contribution is 7.92. The van der Waals surface area contributed by atoms with Gasteiger partial charge in [-0.2, -0.15) is 13.2 Å². The van der Waals surface area contributed by atoms with E-state index in [1.807, 2.05) is 0 Å². The van der Waals surface area contributed by atoms with Crippen LogP contribution in [0.4, 0.5) is 30.2 Å². The second-order valence-corrected chi connectivity index (χ2v) is 14.6. The Morgan fingerprint density at radius 3 is 2.06 bits per heavy atom. The summed E-state index contributed by atoms with van der Waals surface area (Å²) < 4.78 is 93.1. The summed E-state index contributed by atoms with van der Waals surface area (Å²) in [6, 6.07) is 26.7. The first-order chi connectivity index (χ1) is 22.6. The zero-order chi connectivity index (χ0) is 34.7. The van der Waals surface area contributed by atoms with Crippen molar-refractivity contribution < 1.29 is 34.8 Å². The fraction of sp³-hybridized carbons (Fsp3) is 0.0882. The molecule has 0 aliphatic carbocycles. The average Bonchev–Trinajstić information content (AvgIpc) is 3.05. The maximum atomic E-state index is 13.2. The number of sulfonamides is 1. The molecule has 0 aliphatic rings. The summed E-state index contributed by atoms with van der Waals surface area (Å²) in [4.78, 5) is 12.9. The van der Waals surface area contributed by atoms with Gasteiger partial charge in [0.1, 0.15) is 0 Å². The van der Waals surface area contributed by atoms with Crippen LogP contribution in [0.1, 0.15) is 27.0 Å². The van der Waals surface area contributed by atoms with Crippen molar-refractivity contribution in [1.29, 1.82) is 0 Å². The minimum Gasteiger partial charge on any atom is -0.381 e. The van der Waals surface area contributed by atoms with Crippen LogP contribution in [0.25, 0.3) is 0 Å². The number of carbonyl (C=O) groups is 1. The molecule has 0 fully saturated rings. The van der Waals surface area contributed by atoms with Crippen LogP contribution in [0.3, 0.4) is 0 Å². The van der Waals surface area contributed by atoms with Gasteiger partial charge < -0.3 is 10.6 Å². The van der Waals surface area contributed by atoms with E-state index in [9.17, 15) is 34.8 Å². The molecule has 0 aliphatic heterocycles. The van der Waals surface area contributed by atoms with Crippen LogP contribution in [-0.4, -0.2) is 22.7 Å². The number of hydrogen-bond donors (Lipinski definition) is 3. The fourth-order valence-corrected chi connectivity index (χ4v) is 7.61. The van der Waals surface area contributed by atoms with Gasteiger partial charge in [-0.05, 0) is 96.9 Å². The van der Waals surface area contributed by atoms with Crippen molar-refractivity contribution in [3.8, 4) is 0 Å². The Labute approximate surface area is 280 Å². The Morgan fingerprint density at radius 1 is 0.750 bits per heavy atom. The van der Waals surface area contributed by atoms with E-state index in [-0.39, 0.29) is 25.4 Å². The van der Waals surface area contributed by atoms with Gasteiger partial charge in [0.2, 0.25) is 9.84 Å². The van der Waals surface area contributed by atoms with E-state index >= 15 is 0 Å². The van der Waals surface area contributed by atoms with Gasteiger partial charge in [0.25, 0.3) is 15.9 Å².